The van der Waals surface area contributed by atoms with Crippen LogP contribution in [0.5, 0.6) is 0 Å². The molecule has 1 aromatic rings. The molecule has 1 aliphatic carbocycles. The summed E-state index contributed by atoms with van der Waals surface area (Å²) in [6.45, 7) is 2.22. The van der Waals surface area contributed by atoms with Gasteiger partial charge in [0.2, 0.25) is 0 Å². The fourth-order valence-corrected chi connectivity index (χ4v) is 2.28. The molecule has 0 N–H and O–H groups in total. The summed E-state index contributed by atoms with van der Waals surface area (Å²) in [4.78, 5) is 11.8. The highest BCUT2D eigenvalue weighted by atomic mass is 16.5. The number of hydrogen-bond donors (Lipinski definition) is 0. The topological polar surface area (TPSA) is 26.3 Å². The molecule has 0 bridgehead atoms. The molecule has 2 heteroatoms. The Hall–Kier alpha value is -1.31. The zero-order valence-corrected chi connectivity index (χ0v) is 9.69. The van der Waals surface area contributed by atoms with Gasteiger partial charge in [-0.15, -0.1) is 0 Å². The minimum Gasteiger partial charge on any atom is -0.459 e. The number of rotatable bonds is 2. The van der Waals surface area contributed by atoms with Crippen LogP contribution in [0.2, 0.25) is 0 Å². The number of carbonyl (C=O) groups is 1. The average molecular weight is 218 g/mol. The van der Waals surface area contributed by atoms with Gasteiger partial charge in [0.25, 0.3) is 0 Å². The summed E-state index contributed by atoms with van der Waals surface area (Å²) >= 11 is 0. The summed E-state index contributed by atoms with van der Waals surface area (Å²) in [6, 6.07) is 9.23. The molecule has 16 heavy (non-hydrogen) atoms. The number of ether oxygens (including phenoxy) is 1. The van der Waals surface area contributed by atoms with Crippen molar-refractivity contribution in [3.63, 3.8) is 0 Å². The highest BCUT2D eigenvalue weighted by molar-refractivity contribution is 5.89. The normalized spacial score (nSPS) is 25.1. The van der Waals surface area contributed by atoms with Crippen LogP contribution < -0.4 is 0 Å². The third-order valence-corrected chi connectivity index (χ3v) is 3.17. The molecule has 2 rings (SSSR count). The monoisotopic (exact) mass is 218 g/mol. The fourth-order valence-electron chi connectivity index (χ4n) is 2.28. The van der Waals surface area contributed by atoms with E-state index in [1.165, 1.54) is 12.8 Å². The maximum Gasteiger partial charge on any atom is 0.338 e. The molecule has 0 spiro atoms. The molecule has 2 unspecified atom stereocenters. The number of benzene rings is 1. The van der Waals surface area contributed by atoms with E-state index in [9.17, 15) is 4.79 Å². The Balaban J connectivity index is 1.92. The van der Waals surface area contributed by atoms with Gasteiger partial charge in [0.15, 0.2) is 0 Å². The van der Waals surface area contributed by atoms with Gasteiger partial charge in [0.1, 0.15) is 6.10 Å². The third-order valence-electron chi connectivity index (χ3n) is 3.17. The van der Waals surface area contributed by atoms with Crippen molar-refractivity contribution in [1.82, 2.24) is 0 Å². The Kier molecular flexibility index (Phi) is 3.60. The standard InChI is InChI=1S/C14H18O2/c1-11-6-5-9-13(10-11)16-14(15)12-7-3-2-4-8-12/h2-4,7-8,11,13H,5-6,9-10H2,1H3. The van der Waals surface area contributed by atoms with Crippen LogP contribution >= 0.6 is 0 Å². The molecule has 1 aromatic carbocycles. The lowest BCUT2D eigenvalue weighted by Crippen LogP contribution is -2.24. The van der Waals surface area contributed by atoms with Crippen LogP contribution in [-0.4, -0.2) is 12.1 Å². The second-order valence-electron chi connectivity index (χ2n) is 4.67. The zero-order valence-electron chi connectivity index (χ0n) is 9.69. The van der Waals surface area contributed by atoms with E-state index in [1.807, 2.05) is 18.2 Å². The minimum absolute atomic E-state index is 0.122. The molecule has 0 aromatic heterocycles. The lowest BCUT2D eigenvalue weighted by molar-refractivity contribution is 0.0155. The molecule has 0 heterocycles. The molecule has 2 nitrogen and oxygen atoms in total. The van der Waals surface area contributed by atoms with Gasteiger partial charge in [-0.1, -0.05) is 31.5 Å². The van der Waals surface area contributed by atoms with Crippen molar-refractivity contribution in [3.8, 4) is 0 Å². The molecular formula is C14H18O2. The van der Waals surface area contributed by atoms with E-state index in [1.54, 1.807) is 12.1 Å². The van der Waals surface area contributed by atoms with Crippen molar-refractivity contribution in [2.45, 2.75) is 38.7 Å². The van der Waals surface area contributed by atoms with Crippen LogP contribution in [0.25, 0.3) is 0 Å². The Morgan fingerprint density at radius 2 is 2.00 bits per heavy atom. The van der Waals surface area contributed by atoms with Gasteiger partial charge in [-0.3, -0.25) is 0 Å². The molecular weight excluding hydrogens is 200 g/mol. The second kappa shape index (κ2) is 5.15. The van der Waals surface area contributed by atoms with Crippen molar-refractivity contribution >= 4 is 5.97 Å². The average Bonchev–Trinajstić information content (AvgIpc) is 2.30. The first kappa shape index (κ1) is 11.2. The van der Waals surface area contributed by atoms with Crippen molar-refractivity contribution < 1.29 is 9.53 Å². The second-order valence-corrected chi connectivity index (χ2v) is 4.67. The van der Waals surface area contributed by atoms with Crippen LogP contribution in [0.1, 0.15) is 43.0 Å². The molecule has 0 amide bonds. The smallest absolute Gasteiger partial charge is 0.338 e. The quantitative estimate of drug-likeness (QED) is 0.711. The van der Waals surface area contributed by atoms with Gasteiger partial charge in [-0.05, 0) is 37.3 Å². The van der Waals surface area contributed by atoms with E-state index < -0.39 is 0 Å². The van der Waals surface area contributed by atoms with Gasteiger partial charge in [-0.2, -0.15) is 0 Å². The summed E-state index contributed by atoms with van der Waals surface area (Å²) < 4.78 is 5.51. The summed E-state index contributed by atoms with van der Waals surface area (Å²) in [5.41, 5.74) is 0.653. The summed E-state index contributed by atoms with van der Waals surface area (Å²) in [6.07, 6.45) is 4.59. The largest absolute Gasteiger partial charge is 0.459 e. The van der Waals surface area contributed by atoms with E-state index in [-0.39, 0.29) is 12.1 Å². The number of carbonyl (C=O) groups excluding carboxylic acids is 1. The molecule has 1 fully saturated rings. The molecule has 0 radical (unpaired) electrons. The fraction of sp³-hybridized carbons (Fsp3) is 0.500. The van der Waals surface area contributed by atoms with Crippen LogP contribution in [0, 0.1) is 5.92 Å². The van der Waals surface area contributed by atoms with E-state index in [4.69, 9.17) is 4.74 Å². The predicted molar refractivity (Wildman–Crippen MR) is 63.3 cm³/mol. The molecule has 0 saturated heterocycles. The van der Waals surface area contributed by atoms with Crippen LogP contribution in [0.15, 0.2) is 30.3 Å². The van der Waals surface area contributed by atoms with Gasteiger partial charge in [0, 0.05) is 0 Å². The predicted octanol–water partition coefficient (Wildman–Crippen LogP) is 3.42. The van der Waals surface area contributed by atoms with Crippen LogP contribution in [0.4, 0.5) is 0 Å². The van der Waals surface area contributed by atoms with E-state index in [0.29, 0.717) is 11.5 Å². The molecule has 0 aliphatic heterocycles. The summed E-state index contributed by atoms with van der Waals surface area (Å²) in [5, 5.41) is 0. The van der Waals surface area contributed by atoms with E-state index in [2.05, 4.69) is 6.92 Å². The zero-order chi connectivity index (χ0) is 11.4. The SMILES string of the molecule is CC1CCCC(OC(=O)c2ccccc2)C1. The van der Waals surface area contributed by atoms with Gasteiger partial charge in [0.05, 0.1) is 5.56 Å². The highest BCUT2D eigenvalue weighted by Crippen LogP contribution is 2.26. The van der Waals surface area contributed by atoms with Gasteiger partial charge >= 0.3 is 5.97 Å². The lowest BCUT2D eigenvalue weighted by atomic mass is 9.89. The molecule has 1 saturated carbocycles. The first-order valence-corrected chi connectivity index (χ1v) is 6.01. The summed E-state index contributed by atoms with van der Waals surface area (Å²) in [5.74, 6) is 0.502. The van der Waals surface area contributed by atoms with Gasteiger partial charge < -0.3 is 4.74 Å². The Bertz CT molecular complexity index is 345. The Morgan fingerprint density at radius 1 is 1.25 bits per heavy atom. The molecule has 86 valence electrons. The minimum atomic E-state index is -0.181. The molecule has 1 aliphatic rings. The molecule has 2 atom stereocenters. The van der Waals surface area contributed by atoms with Crippen LogP contribution in [-0.2, 0) is 4.74 Å². The summed E-state index contributed by atoms with van der Waals surface area (Å²) in [7, 11) is 0. The van der Waals surface area contributed by atoms with E-state index in [0.717, 1.165) is 12.8 Å². The Morgan fingerprint density at radius 3 is 2.69 bits per heavy atom. The van der Waals surface area contributed by atoms with Crippen LogP contribution in [0.3, 0.4) is 0 Å². The lowest BCUT2D eigenvalue weighted by Gasteiger charge is -2.26. The Labute approximate surface area is 96.6 Å². The van der Waals surface area contributed by atoms with Crippen molar-refractivity contribution in [2.24, 2.45) is 5.92 Å². The number of esters is 1. The van der Waals surface area contributed by atoms with Gasteiger partial charge in [-0.25, -0.2) is 4.79 Å². The first-order chi connectivity index (χ1) is 7.75. The highest BCUT2D eigenvalue weighted by Gasteiger charge is 2.22. The van der Waals surface area contributed by atoms with Crippen molar-refractivity contribution in [2.75, 3.05) is 0 Å². The number of hydrogen-bond acceptors (Lipinski definition) is 2. The maximum absolute atomic E-state index is 11.8. The van der Waals surface area contributed by atoms with Crippen molar-refractivity contribution in [1.29, 1.82) is 0 Å². The third kappa shape index (κ3) is 2.84. The first-order valence-electron chi connectivity index (χ1n) is 6.01. The maximum atomic E-state index is 11.8. The van der Waals surface area contributed by atoms with Crippen molar-refractivity contribution in [3.05, 3.63) is 35.9 Å². The van der Waals surface area contributed by atoms with E-state index >= 15 is 0 Å².